The Morgan fingerprint density at radius 2 is 2.18 bits per heavy atom. The SMILES string of the molecule is Cc1ccc(C(=O)O)cc1NC1CCCC1C. The maximum absolute atomic E-state index is 10.9. The van der Waals surface area contributed by atoms with Crippen LogP contribution in [0, 0.1) is 12.8 Å². The first-order chi connectivity index (χ1) is 8.08. The standard InChI is InChI=1S/C14H19NO2/c1-9-4-3-5-12(9)15-13-8-11(14(16)17)7-6-10(13)2/h6-9,12,15H,3-5H2,1-2H3,(H,16,17). The first kappa shape index (κ1) is 12.0. The Hall–Kier alpha value is -1.51. The van der Waals surface area contributed by atoms with Crippen molar-refractivity contribution in [1.82, 2.24) is 0 Å². The number of nitrogens with one attached hydrogen (secondary N) is 1. The second kappa shape index (κ2) is 4.78. The molecule has 0 heterocycles. The van der Waals surface area contributed by atoms with Gasteiger partial charge in [-0.05, 0) is 43.4 Å². The van der Waals surface area contributed by atoms with Crippen LogP contribution in [0.1, 0.15) is 42.1 Å². The van der Waals surface area contributed by atoms with E-state index in [0.717, 1.165) is 11.3 Å². The molecule has 1 aromatic carbocycles. The largest absolute Gasteiger partial charge is 0.478 e. The van der Waals surface area contributed by atoms with Crippen molar-refractivity contribution in [2.75, 3.05) is 5.32 Å². The van der Waals surface area contributed by atoms with Crippen molar-refractivity contribution < 1.29 is 9.90 Å². The van der Waals surface area contributed by atoms with Gasteiger partial charge < -0.3 is 10.4 Å². The van der Waals surface area contributed by atoms with Crippen LogP contribution in [0.5, 0.6) is 0 Å². The third kappa shape index (κ3) is 2.60. The average Bonchev–Trinajstić information content (AvgIpc) is 2.67. The molecule has 1 aliphatic rings. The molecule has 3 nitrogen and oxygen atoms in total. The van der Waals surface area contributed by atoms with Gasteiger partial charge in [0.2, 0.25) is 0 Å². The fraction of sp³-hybridized carbons (Fsp3) is 0.500. The Bertz CT molecular complexity index is 428. The molecule has 1 fully saturated rings. The van der Waals surface area contributed by atoms with Gasteiger partial charge >= 0.3 is 5.97 Å². The lowest BCUT2D eigenvalue weighted by molar-refractivity contribution is 0.0697. The van der Waals surface area contributed by atoms with Crippen LogP contribution < -0.4 is 5.32 Å². The highest BCUT2D eigenvalue weighted by atomic mass is 16.4. The van der Waals surface area contributed by atoms with Gasteiger partial charge in [-0.1, -0.05) is 19.4 Å². The molecule has 2 atom stereocenters. The van der Waals surface area contributed by atoms with Crippen molar-refractivity contribution >= 4 is 11.7 Å². The Morgan fingerprint density at radius 1 is 1.41 bits per heavy atom. The second-order valence-corrected chi connectivity index (χ2v) is 4.99. The Balaban J connectivity index is 2.19. The van der Waals surface area contributed by atoms with Crippen LogP contribution in [-0.4, -0.2) is 17.1 Å². The Morgan fingerprint density at radius 3 is 2.76 bits per heavy atom. The topological polar surface area (TPSA) is 49.3 Å². The smallest absolute Gasteiger partial charge is 0.335 e. The van der Waals surface area contributed by atoms with E-state index in [-0.39, 0.29) is 0 Å². The molecule has 0 amide bonds. The van der Waals surface area contributed by atoms with Gasteiger partial charge in [0, 0.05) is 11.7 Å². The maximum Gasteiger partial charge on any atom is 0.335 e. The lowest BCUT2D eigenvalue weighted by Crippen LogP contribution is -2.22. The molecule has 2 rings (SSSR count). The van der Waals surface area contributed by atoms with Gasteiger partial charge in [-0.15, -0.1) is 0 Å². The third-order valence-electron chi connectivity index (χ3n) is 3.69. The molecule has 0 saturated heterocycles. The highest BCUT2D eigenvalue weighted by Gasteiger charge is 2.23. The second-order valence-electron chi connectivity index (χ2n) is 4.99. The number of aromatic carboxylic acids is 1. The van der Waals surface area contributed by atoms with E-state index in [0.29, 0.717) is 17.5 Å². The number of aryl methyl sites for hydroxylation is 1. The summed E-state index contributed by atoms with van der Waals surface area (Å²) in [5.41, 5.74) is 2.42. The molecular weight excluding hydrogens is 214 g/mol. The molecule has 2 N–H and O–H groups in total. The summed E-state index contributed by atoms with van der Waals surface area (Å²) in [6, 6.07) is 5.74. The summed E-state index contributed by atoms with van der Waals surface area (Å²) in [5.74, 6) is -0.199. The molecule has 2 unspecified atom stereocenters. The van der Waals surface area contributed by atoms with Crippen LogP contribution in [-0.2, 0) is 0 Å². The van der Waals surface area contributed by atoms with E-state index >= 15 is 0 Å². The van der Waals surface area contributed by atoms with Gasteiger partial charge in [0.25, 0.3) is 0 Å². The van der Waals surface area contributed by atoms with Crippen LogP contribution in [0.4, 0.5) is 5.69 Å². The zero-order valence-electron chi connectivity index (χ0n) is 10.4. The van der Waals surface area contributed by atoms with E-state index in [9.17, 15) is 4.79 Å². The number of carboxylic acid groups (broad SMARTS) is 1. The molecule has 0 aliphatic heterocycles. The third-order valence-corrected chi connectivity index (χ3v) is 3.69. The van der Waals surface area contributed by atoms with E-state index in [1.807, 2.05) is 13.0 Å². The molecule has 0 aromatic heterocycles. The Labute approximate surface area is 102 Å². The number of anilines is 1. The monoisotopic (exact) mass is 233 g/mol. The van der Waals surface area contributed by atoms with E-state index in [1.165, 1.54) is 19.3 Å². The minimum Gasteiger partial charge on any atom is -0.478 e. The summed E-state index contributed by atoms with van der Waals surface area (Å²) in [5, 5.41) is 12.5. The molecule has 0 radical (unpaired) electrons. The van der Waals surface area contributed by atoms with Crippen LogP contribution in [0.2, 0.25) is 0 Å². The first-order valence-electron chi connectivity index (χ1n) is 6.18. The summed E-state index contributed by atoms with van der Waals surface area (Å²) in [6.07, 6.45) is 3.70. The van der Waals surface area contributed by atoms with Crippen LogP contribution in [0.25, 0.3) is 0 Å². The molecule has 17 heavy (non-hydrogen) atoms. The van der Waals surface area contributed by atoms with Crippen molar-refractivity contribution in [3.63, 3.8) is 0 Å². The molecular formula is C14H19NO2. The summed E-state index contributed by atoms with van der Waals surface area (Å²) in [7, 11) is 0. The number of hydrogen-bond acceptors (Lipinski definition) is 2. The summed E-state index contributed by atoms with van der Waals surface area (Å²) in [4.78, 5) is 10.9. The van der Waals surface area contributed by atoms with Gasteiger partial charge in [-0.25, -0.2) is 4.79 Å². The quantitative estimate of drug-likeness (QED) is 0.842. The van der Waals surface area contributed by atoms with Crippen LogP contribution in [0.15, 0.2) is 18.2 Å². The van der Waals surface area contributed by atoms with Gasteiger partial charge in [0.05, 0.1) is 5.56 Å². The highest BCUT2D eigenvalue weighted by molar-refractivity contribution is 5.89. The lowest BCUT2D eigenvalue weighted by Gasteiger charge is -2.20. The van der Waals surface area contributed by atoms with E-state index < -0.39 is 5.97 Å². The fourth-order valence-electron chi connectivity index (χ4n) is 2.47. The fourth-order valence-corrected chi connectivity index (χ4v) is 2.47. The average molecular weight is 233 g/mol. The van der Waals surface area contributed by atoms with Gasteiger partial charge in [0.15, 0.2) is 0 Å². The van der Waals surface area contributed by atoms with Crippen molar-refractivity contribution in [1.29, 1.82) is 0 Å². The molecule has 1 aliphatic carbocycles. The summed E-state index contributed by atoms with van der Waals surface area (Å²) >= 11 is 0. The van der Waals surface area contributed by atoms with Gasteiger partial charge in [0.1, 0.15) is 0 Å². The van der Waals surface area contributed by atoms with E-state index in [1.54, 1.807) is 12.1 Å². The summed E-state index contributed by atoms with van der Waals surface area (Å²) in [6.45, 7) is 4.26. The van der Waals surface area contributed by atoms with Gasteiger partial charge in [-0.2, -0.15) is 0 Å². The minimum atomic E-state index is -0.868. The normalized spacial score (nSPS) is 23.6. The first-order valence-corrected chi connectivity index (χ1v) is 6.18. The van der Waals surface area contributed by atoms with E-state index in [4.69, 9.17) is 5.11 Å². The molecule has 3 heteroatoms. The minimum absolute atomic E-state index is 0.351. The van der Waals surface area contributed by atoms with Crippen LogP contribution in [0.3, 0.4) is 0 Å². The molecule has 0 bridgehead atoms. The number of rotatable bonds is 3. The molecule has 1 aromatic rings. The highest BCUT2D eigenvalue weighted by Crippen LogP contribution is 2.29. The number of carbonyl (C=O) groups is 1. The Kier molecular flexibility index (Phi) is 3.36. The number of benzene rings is 1. The van der Waals surface area contributed by atoms with Gasteiger partial charge in [-0.3, -0.25) is 0 Å². The van der Waals surface area contributed by atoms with E-state index in [2.05, 4.69) is 12.2 Å². The molecule has 92 valence electrons. The van der Waals surface area contributed by atoms with Crippen molar-refractivity contribution in [3.05, 3.63) is 29.3 Å². The predicted molar refractivity (Wildman–Crippen MR) is 68.6 cm³/mol. The number of hydrogen-bond donors (Lipinski definition) is 2. The summed E-state index contributed by atoms with van der Waals surface area (Å²) < 4.78 is 0. The zero-order valence-corrected chi connectivity index (χ0v) is 10.4. The van der Waals surface area contributed by atoms with Crippen molar-refractivity contribution in [2.45, 2.75) is 39.2 Å². The number of carboxylic acids is 1. The zero-order chi connectivity index (χ0) is 12.4. The lowest BCUT2D eigenvalue weighted by atomic mass is 10.0. The molecule has 1 saturated carbocycles. The van der Waals surface area contributed by atoms with Crippen molar-refractivity contribution in [2.24, 2.45) is 5.92 Å². The molecule has 0 spiro atoms. The van der Waals surface area contributed by atoms with Crippen molar-refractivity contribution in [3.8, 4) is 0 Å². The predicted octanol–water partition coefficient (Wildman–Crippen LogP) is 3.29. The maximum atomic E-state index is 10.9. The van der Waals surface area contributed by atoms with Crippen LogP contribution >= 0.6 is 0 Å².